The van der Waals surface area contributed by atoms with Gasteiger partial charge in [-0.15, -0.1) is 0 Å². The van der Waals surface area contributed by atoms with Crippen molar-refractivity contribution in [1.82, 2.24) is 29.9 Å². The van der Waals surface area contributed by atoms with Crippen molar-refractivity contribution in [2.45, 2.75) is 32.7 Å². The zero-order chi connectivity index (χ0) is 20.4. The summed E-state index contributed by atoms with van der Waals surface area (Å²) in [5.74, 6) is -0.0471. The predicted molar refractivity (Wildman–Crippen MR) is 105 cm³/mol. The fourth-order valence-electron chi connectivity index (χ4n) is 3.61. The van der Waals surface area contributed by atoms with Crippen LogP contribution in [-0.2, 0) is 0 Å². The van der Waals surface area contributed by atoms with E-state index in [0.29, 0.717) is 30.3 Å². The van der Waals surface area contributed by atoms with Crippen molar-refractivity contribution in [1.29, 1.82) is 0 Å². The maximum atomic E-state index is 13.8. The summed E-state index contributed by atoms with van der Waals surface area (Å²) in [5.41, 5.74) is 2.48. The van der Waals surface area contributed by atoms with Crippen molar-refractivity contribution in [3.8, 4) is 5.69 Å². The number of halogens is 1. The van der Waals surface area contributed by atoms with Gasteiger partial charge in [-0.05, 0) is 44.9 Å². The molecular weight excluding hydrogens is 373 g/mol. The highest BCUT2D eigenvalue weighted by molar-refractivity contribution is 5.97. The lowest BCUT2D eigenvalue weighted by atomic mass is 10.0. The molecule has 1 aliphatic rings. The molecule has 0 bridgehead atoms. The van der Waals surface area contributed by atoms with Crippen LogP contribution in [0, 0.1) is 19.7 Å². The molecule has 1 saturated heterocycles. The van der Waals surface area contributed by atoms with Gasteiger partial charge < -0.3 is 10.2 Å². The van der Waals surface area contributed by atoms with Gasteiger partial charge in [0.05, 0.1) is 18.0 Å². The van der Waals surface area contributed by atoms with Crippen molar-refractivity contribution < 1.29 is 9.18 Å². The molecule has 1 aliphatic heterocycles. The summed E-state index contributed by atoms with van der Waals surface area (Å²) in [7, 11) is 0. The topological polar surface area (TPSA) is 88.8 Å². The summed E-state index contributed by atoms with van der Waals surface area (Å²) in [6.07, 6.45) is 4.75. The number of carbonyl (C=O) groups is 1. The molecule has 0 unspecified atom stereocenters. The summed E-state index contributed by atoms with van der Waals surface area (Å²) in [4.78, 5) is 25.1. The molecule has 150 valence electrons. The van der Waals surface area contributed by atoms with Crippen LogP contribution < -0.4 is 5.32 Å². The lowest BCUT2D eigenvalue weighted by molar-refractivity contribution is 0.0714. The Morgan fingerprint density at radius 3 is 2.59 bits per heavy atom. The van der Waals surface area contributed by atoms with Crippen molar-refractivity contribution >= 4 is 11.9 Å². The fourth-order valence-corrected chi connectivity index (χ4v) is 3.61. The Morgan fingerprint density at radius 1 is 1.14 bits per heavy atom. The summed E-state index contributed by atoms with van der Waals surface area (Å²) in [6.45, 7) is 5.00. The van der Waals surface area contributed by atoms with Crippen molar-refractivity contribution in [2.75, 3.05) is 18.4 Å². The third kappa shape index (κ3) is 4.23. The van der Waals surface area contributed by atoms with Gasteiger partial charge >= 0.3 is 0 Å². The molecule has 1 aromatic carbocycles. The van der Waals surface area contributed by atoms with Gasteiger partial charge in [-0.1, -0.05) is 0 Å². The Bertz CT molecular complexity index is 1000. The molecule has 0 spiro atoms. The maximum absolute atomic E-state index is 13.8. The quantitative estimate of drug-likeness (QED) is 0.730. The smallest absolute Gasteiger partial charge is 0.256 e. The van der Waals surface area contributed by atoms with Gasteiger partial charge in [-0.25, -0.2) is 14.4 Å². The summed E-state index contributed by atoms with van der Waals surface area (Å²) in [5, 5.41) is 11.4. The van der Waals surface area contributed by atoms with Crippen molar-refractivity contribution in [3.63, 3.8) is 0 Å². The largest absolute Gasteiger partial charge is 0.350 e. The van der Waals surface area contributed by atoms with Crippen LogP contribution in [0.25, 0.3) is 5.69 Å². The lowest BCUT2D eigenvalue weighted by Gasteiger charge is -2.33. The maximum Gasteiger partial charge on any atom is 0.256 e. The van der Waals surface area contributed by atoms with E-state index in [4.69, 9.17) is 0 Å². The van der Waals surface area contributed by atoms with E-state index >= 15 is 0 Å². The number of amides is 1. The van der Waals surface area contributed by atoms with Gasteiger partial charge in [0.2, 0.25) is 5.95 Å². The first-order chi connectivity index (χ1) is 14.0. The first kappa shape index (κ1) is 19.0. The van der Waals surface area contributed by atoms with Crippen LogP contribution >= 0.6 is 0 Å². The molecule has 0 saturated carbocycles. The first-order valence-electron chi connectivity index (χ1n) is 9.54. The number of hydrogen-bond donors (Lipinski definition) is 1. The molecule has 1 atom stereocenters. The molecule has 0 radical (unpaired) electrons. The van der Waals surface area contributed by atoms with Crippen LogP contribution in [0.5, 0.6) is 0 Å². The number of rotatable bonds is 4. The number of hydrogen-bond acceptors (Lipinski definition) is 6. The number of nitrogens with zero attached hydrogens (tertiary/aromatic N) is 6. The van der Waals surface area contributed by atoms with Gasteiger partial charge in [0.15, 0.2) is 0 Å². The van der Waals surface area contributed by atoms with E-state index in [-0.39, 0.29) is 11.9 Å². The molecule has 1 amide bonds. The molecule has 1 N–H and O–H groups in total. The van der Waals surface area contributed by atoms with Gasteiger partial charge in [-0.2, -0.15) is 15.0 Å². The van der Waals surface area contributed by atoms with E-state index in [1.54, 1.807) is 4.90 Å². The second-order valence-electron chi connectivity index (χ2n) is 7.19. The zero-order valence-corrected chi connectivity index (χ0v) is 16.3. The van der Waals surface area contributed by atoms with Crippen LogP contribution in [0.15, 0.2) is 36.7 Å². The minimum absolute atomic E-state index is 0.0422. The number of benzene rings is 1. The molecule has 4 rings (SSSR count). The van der Waals surface area contributed by atoms with E-state index in [2.05, 4.69) is 25.5 Å². The Balaban J connectivity index is 1.54. The lowest BCUT2D eigenvalue weighted by Crippen LogP contribution is -2.45. The second kappa shape index (κ2) is 7.94. The first-order valence-corrected chi connectivity index (χ1v) is 9.54. The van der Waals surface area contributed by atoms with Gasteiger partial charge in [-0.3, -0.25) is 4.79 Å². The molecule has 8 nitrogen and oxygen atoms in total. The van der Waals surface area contributed by atoms with Crippen LogP contribution in [0.2, 0.25) is 0 Å². The Labute approximate surface area is 167 Å². The molecular formula is C20H22FN7O. The Hall–Kier alpha value is -3.36. The molecule has 29 heavy (non-hydrogen) atoms. The number of nitrogens with one attached hydrogen (secondary N) is 1. The number of anilines is 1. The van der Waals surface area contributed by atoms with E-state index < -0.39 is 5.82 Å². The third-order valence-electron chi connectivity index (χ3n) is 4.85. The monoisotopic (exact) mass is 395 g/mol. The van der Waals surface area contributed by atoms with Crippen LogP contribution in [0.4, 0.5) is 10.3 Å². The molecule has 3 heterocycles. The van der Waals surface area contributed by atoms with E-state index in [1.165, 1.54) is 35.4 Å². The van der Waals surface area contributed by atoms with E-state index in [0.717, 1.165) is 24.2 Å². The van der Waals surface area contributed by atoms with Crippen molar-refractivity contribution in [3.05, 3.63) is 59.4 Å². The number of likely N-dealkylation sites (tertiary alicyclic amines) is 1. The number of aryl methyl sites for hydroxylation is 2. The highest BCUT2D eigenvalue weighted by atomic mass is 19.1. The Morgan fingerprint density at radius 2 is 1.86 bits per heavy atom. The van der Waals surface area contributed by atoms with Crippen LogP contribution in [-0.4, -0.2) is 54.9 Å². The molecule has 2 aromatic heterocycles. The predicted octanol–water partition coefficient (Wildman–Crippen LogP) is 2.53. The minimum atomic E-state index is -0.445. The second-order valence-corrected chi connectivity index (χ2v) is 7.19. The summed E-state index contributed by atoms with van der Waals surface area (Å²) >= 11 is 0. The molecule has 0 aliphatic carbocycles. The van der Waals surface area contributed by atoms with Crippen molar-refractivity contribution in [2.24, 2.45) is 0 Å². The third-order valence-corrected chi connectivity index (χ3v) is 4.85. The standard InChI is InChI=1S/C20H22FN7O/c1-13-10-14(2)25-20(24-13)26-16-4-3-9-27(12-16)19(29)17-6-5-15(21)11-18(17)28-22-7-8-23-28/h5-8,10-11,16H,3-4,9,12H2,1-2H3,(H,24,25,26)/t16-/m1/s1. The average molecular weight is 395 g/mol. The Kier molecular flexibility index (Phi) is 5.20. The number of piperidine rings is 1. The van der Waals surface area contributed by atoms with Crippen LogP contribution in [0.3, 0.4) is 0 Å². The number of aromatic nitrogens is 5. The van der Waals surface area contributed by atoms with Crippen LogP contribution in [0.1, 0.15) is 34.6 Å². The zero-order valence-electron chi connectivity index (χ0n) is 16.3. The average Bonchev–Trinajstić information content (AvgIpc) is 3.21. The normalized spacial score (nSPS) is 16.7. The number of carbonyl (C=O) groups excluding carboxylic acids is 1. The highest BCUT2D eigenvalue weighted by Crippen LogP contribution is 2.21. The fraction of sp³-hybridized carbons (Fsp3) is 0.350. The van der Waals surface area contributed by atoms with Gasteiger partial charge in [0, 0.05) is 36.6 Å². The molecule has 3 aromatic rings. The molecule has 9 heteroatoms. The SMILES string of the molecule is Cc1cc(C)nc(N[C@@H]2CCCN(C(=O)c3ccc(F)cc3-n3nccn3)C2)n1. The molecule has 1 fully saturated rings. The van der Waals surface area contributed by atoms with E-state index in [9.17, 15) is 9.18 Å². The van der Waals surface area contributed by atoms with E-state index in [1.807, 2.05) is 19.9 Å². The van der Waals surface area contributed by atoms with Gasteiger partial charge in [0.1, 0.15) is 11.5 Å². The minimum Gasteiger partial charge on any atom is -0.350 e. The van der Waals surface area contributed by atoms with Gasteiger partial charge in [0.25, 0.3) is 5.91 Å². The summed E-state index contributed by atoms with van der Waals surface area (Å²) in [6, 6.07) is 6.00. The highest BCUT2D eigenvalue weighted by Gasteiger charge is 2.27. The summed E-state index contributed by atoms with van der Waals surface area (Å²) < 4.78 is 13.8.